The minimum atomic E-state index is -0.954. The molecule has 0 bridgehead atoms. The summed E-state index contributed by atoms with van der Waals surface area (Å²) in [4.78, 5) is 20.8. The van der Waals surface area contributed by atoms with Gasteiger partial charge in [0.25, 0.3) is 0 Å². The Bertz CT molecular complexity index is 1390. The normalized spacial score (nSPS) is 11.2. The highest BCUT2D eigenvalue weighted by Crippen LogP contribution is 2.30. The van der Waals surface area contributed by atoms with Crippen LogP contribution in [-0.4, -0.2) is 25.6 Å². The standard InChI is InChI=1S/C23H14ClN3O2/c24-17-7-8-19-18(13-17)21(14-4-2-1-3-5-14)26-23(25-19)27-11-10-15-12-16(22(28)29)6-9-20(15)27/h1-13H,(H,28,29). The molecular formula is C23H14ClN3O2. The number of carboxylic acid groups (broad SMARTS) is 1. The molecule has 2 heterocycles. The van der Waals surface area contributed by atoms with E-state index in [1.54, 1.807) is 18.2 Å². The molecule has 29 heavy (non-hydrogen) atoms. The van der Waals surface area contributed by atoms with Crippen molar-refractivity contribution < 1.29 is 9.90 Å². The second-order valence-corrected chi connectivity index (χ2v) is 7.10. The number of benzene rings is 3. The van der Waals surface area contributed by atoms with E-state index in [0.29, 0.717) is 11.0 Å². The summed E-state index contributed by atoms with van der Waals surface area (Å²) in [6.07, 6.45) is 1.85. The van der Waals surface area contributed by atoms with Crippen molar-refractivity contribution in [2.75, 3.05) is 0 Å². The number of aromatic carboxylic acids is 1. The summed E-state index contributed by atoms with van der Waals surface area (Å²) < 4.78 is 1.86. The first-order chi connectivity index (χ1) is 14.1. The molecule has 0 amide bonds. The number of carboxylic acids is 1. The van der Waals surface area contributed by atoms with Crippen molar-refractivity contribution in [3.63, 3.8) is 0 Å². The number of nitrogens with zero attached hydrogens (tertiary/aromatic N) is 3. The Morgan fingerprint density at radius 1 is 0.931 bits per heavy atom. The van der Waals surface area contributed by atoms with Crippen LogP contribution >= 0.6 is 11.6 Å². The first-order valence-electron chi connectivity index (χ1n) is 8.98. The summed E-state index contributed by atoms with van der Waals surface area (Å²) in [5.74, 6) is -0.443. The SMILES string of the molecule is O=C(O)c1ccc2c(ccn2-c2nc(-c3ccccc3)c3cc(Cl)ccc3n2)c1. The first kappa shape index (κ1) is 17.4. The summed E-state index contributed by atoms with van der Waals surface area (Å²) in [6, 6.07) is 22.3. The number of hydrogen-bond acceptors (Lipinski definition) is 3. The Morgan fingerprint density at radius 2 is 1.76 bits per heavy atom. The van der Waals surface area contributed by atoms with Crippen LogP contribution in [0.3, 0.4) is 0 Å². The van der Waals surface area contributed by atoms with E-state index in [0.717, 1.165) is 33.1 Å². The Balaban J connectivity index is 1.77. The fourth-order valence-electron chi connectivity index (χ4n) is 3.46. The first-order valence-corrected chi connectivity index (χ1v) is 9.35. The molecule has 0 spiro atoms. The minimum absolute atomic E-state index is 0.245. The molecule has 6 heteroatoms. The molecule has 0 saturated carbocycles. The molecule has 0 saturated heterocycles. The predicted octanol–water partition coefficient (Wildman–Crippen LogP) is 5.59. The smallest absolute Gasteiger partial charge is 0.335 e. The third-order valence-corrected chi connectivity index (χ3v) is 5.08. The fraction of sp³-hybridized carbons (Fsp3) is 0. The lowest BCUT2D eigenvalue weighted by Crippen LogP contribution is -2.03. The minimum Gasteiger partial charge on any atom is -0.478 e. The van der Waals surface area contributed by atoms with Gasteiger partial charge in [-0.1, -0.05) is 41.9 Å². The summed E-state index contributed by atoms with van der Waals surface area (Å²) >= 11 is 6.23. The Kier molecular flexibility index (Phi) is 4.03. The molecule has 0 aliphatic carbocycles. The molecule has 2 aromatic heterocycles. The average molecular weight is 400 g/mol. The molecule has 0 atom stereocenters. The van der Waals surface area contributed by atoms with E-state index in [2.05, 4.69) is 0 Å². The molecule has 0 unspecified atom stereocenters. The molecule has 0 aliphatic heterocycles. The number of halogens is 1. The van der Waals surface area contributed by atoms with E-state index in [1.165, 1.54) is 0 Å². The van der Waals surface area contributed by atoms with E-state index in [1.807, 2.05) is 65.4 Å². The van der Waals surface area contributed by atoms with Crippen molar-refractivity contribution in [3.05, 3.63) is 89.6 Å². The van der Waals surface area contributed by atoms with Gasteiger partial charge in [-0.25, -0.2) is 14.8 Å². The van der Waals surface area contributed by atoms with Crippen LogP contribution in [0.2, 0.25) is 5.02 Å². The molecule has 0 fully saturated rings. The van der Waals surface area contributed by atoms with Crippen LogP contribution in [0.15, 0.2) is 79.0 Å². The van der Waals surface area contributed by atoms with Crippen LogP contribution in [-0.2, 0) is 0 Å². The molecule has 3 aromatic carbocycles. The van der Waals surface area contributed by atoms with Gasteiger partial charge in [-0.15, -0.1) is 0 Å². The van der Waals surface area contributed by atoms with Crippen molar-refractivity contribution in [3.8, 4) is 17.2 Å². The van der Waals surface area contributed by atoms with Gasteiger partial charge in [0, 0.05) is 27.6 Å². The third-order valence-electron chi connectivity index (χ3n) is 4.85. The summed E-state index contributed by atoms with van der Waals surface area (Å²) in [6.45, 7) is 0. The third kappa shape index (κ3) is 3.02. The highest BCUT2D eigenvalue weighted by Gasteiger charge is 2.14. The van der Waals surface area contributed by atoms with Crippen LogP contribution in [0.4, 0.5) is 0 Å². The molecule has 140 valence electrons. The summed E-state index contributed by atoms with van der Waals surface area (Å²) in [5, 5.41) is 11.5. The van der Waals surface area contributed by atoms with Crippen LogP contribution in [0.1, 0.15) is 10.4 Å². The highest BCUT2D eigenvalue weighted by molar-refractivity contribution is 6.31. The zero-order valence-electron chi connectivity index (χ0n) is 15.1. The van der Waals surface area contributed by atoms with E-state index in [4.69, 9.17) is 21.6 Å². The van der Waals surface area contributed by atoms with Crippen LogP contribution < -0.4 is 0 Å². The molecule has 5 rings (SSSR count). The van der Waals surface area contributed by atoms with Crippen molar-refractivity contribution in [2.24, 2.45) is 0 Å². The molecular weight excluding hydrogens is 386 g/mol. The summed E-state index contributed by atoms with van der Waals surface area (Å²) in [5.41, 5.74) is 3.61. The molecule has 1 N–H and O–H groups in total. The summed E-state index contributed by atoms with van der Waals surface area (Å²) in [7, 11) is 0. The number of hydrogen-bond donors (Lipinski definition) is 1. The monoisotopic (exact) mass is 399 g/mol. The van der Waals surface area contributed by atoms with Crippen molar-refractivity contribution in [1.82, 2.24) is 14.5 Å². The van der Waals surface area contributed by atoms with Crippen LogP contribution in [0.5, 0.6) is 0 Å². The zero-order valence-corrected chi connectivity index (χ0v) is 15.8. The molecule has 5 nitrogen and oxygen atoms in total. The average Bonchev–Trinajstić information content (AvgIpc) is 3.17. The van der Waals surface area contributed by atoms with E-state index in [-0.39, 0.29) is 5.56 Å². The Hall–Kier alpha value is -3.70. The van der Waals surface area contributed by atoms with Crippen molar-refractivity contribution in [2.45, 2.75) is 0 Å². The van der Waals surface area contributed by atoms with Crippen molar-refractivity contribution >= 4 is 39.4 Å². The Labute approximate surface area is 170 Å². The van der Waals surface area contributed by atoms with E-state index >= 15 is 0 Å². The molecule has 0 aliphatic rings. The van der Waals surface area contributed by atoms with Crippen LogP contribution in [0, 0.1) is 0 Å². The fourth-order valence-corrected chi connectivity index (χ4v) is 3.63. The van der Waals surface area contributed by atoms with Gasteiger partial charge < -0.3 is 5.11 Å². The molecule has 0 radical (unpaired) electrons. The van der Waals surface area contributed by atoms with Crippen molar-refractivity contribution in [1.29, 1.82) is 0 Å². The Morgan fingerprint density at radius 3 is 2.55 bits per heavy atom. The maximum atomic E-state index is 11.3. The topological polar surface area (TPSA) is 68.0 Å². The van der Waals surface area contributed by atoms with Gasteiger partial charge in [0.05, 0.1) is 22.3 Å². The van der Waals surface area contributed by atoms with Crippen LogP contribution in [0.25, 0.3) is 39.0 Å². The number of rotatable bonds is 3. The zero-order chi connectivity index (χ0) is 20.0. The van der Waals surface area contributed by atoms with Gasteiger partial charge in [0.15, 0.2) is 0 Å². The number of fused-ring (bicyclic) bond motifs is 2. The quantitative estimate of drug-likeness (QED) is 0.429. The lowest BCUT2D eigenvalue weighted by molar-refractivity contribution is 0.0697. The van der Waals surface area contributed by atoms with E-state index < -0.39 is 5.97 Å². The van der Waals surface area contributed by atoms with E-state index in [9.17, 15) is 9.90 Å². The van der Waals surface area contributed by atoms with Gasteiger partial charge in [-0.3, -0.25) is 4.57 Å². The number of carbonyl (C=O) groups is 1. The lowest BCUT2D eigenvalue weighted by atomic mass is 10.1. The van der Waals surface area contributed by atoms with Gasteiger partial charge in [-0.2, -0.15) is 0 Å². The predicted molar refractivity (Wildman–Crippen MR) is 114 cm³/mol. The van der Waals surface area contributed by atoms with Gasteiger partial charge in [-0.05, 0) is 42.5 Å². The largest absolute Gasteiger partial charge is 0.478 e. The number of aromatic nitrogens is 3. The maximum absolute atomic E-state index is 11.3. The second kappa shape index (κ2) is 6.72. The highest BCUT2D eigenvalue weighted by atomic mass is 35.5. The van der Waals surface area contributed by atoms with Gasteiger partial charge in [0.2, 0.25) is 5.95 Å². The molecule has 5 aromatic rings. The lowest BCUT2D eigenvalue weighted by Gasteiger charge is -2.11. The van der Waals surface area contributed by atoms with Gasteiger partial charge in [0.1, 0.15) is 0 Å². The maximum Gasteiger partial charge on any atom is 0.335 e. The van der Waals surface area contributed by atoms with Gasteiger partial charge >= 0.3 is 5.97 Å². The second-order valence-electron chi connectivity index (χ2n) is 6.66.